The van der Waals surface area contributed by atoms with Gasteiger partial charge in [0.1, 0.15) is 17.0 Å². The summed E-state index contributed by atoms with van der Waals surface area (Å²) in [6.45, 7) is -0.424. The Morgan fingerprint density at radius 1 is 1.27 bits per heavy atom. The Bertz CT molecular complexity index is 730. The topological polar surface area (TPSA) is 97.6 Å². The molecule has 0 saturated heterocycles. The lowest BCUT2D eigenvalue weighted by atomic mass is 10.00. The fourth-order valence-electron chi connectivity index (χ4n) is 2.85. The number of carbonyl (C=O) groups is 2. The van der Waals surface area contributed by atoms with Gasteiger partial charge in [0.15, 0.2) is 6.61 Å². The van der Waals surface area contributed by atoms with E-state index in [-0.39, 0.29) is 0 Å². The van der Waals surface area contributed by atoms with E-state index < -0.39 is 24.0 Å². The first-order valence-corrected chi connectivity index (χ1v) is 8.31. The fraction of sp³-hybridized carbons (Fsp3) is 0.421. The van der Waals surface area contributed by atoms with Gasteiger partial charge < -0.3 is 19.5 Å². The molecule has 1 aromatic rings. The van der Waals surface area contributed by atoms with Crippen LogP contribution in [0.2, 0.25) is 0 Å². The average Bonchev–Trinajstić information content (AvgIpc) is 3.13. The maximum atomic E-state index is 11.9. The van der Waals surface area contributed by atoms with Gasteiger partial charge in [0, 0.05) is 17.7 Å². The predicted molar refractivity (Wildman–Crippen MR) is 94.5 cm³/mol. The number of carbonyl (C=O) groups excluding carboxylic acids is 2. The number of ether oxygens (including phenoxy) is 3. The highest BCUT2D eigenvalue weighted by Gasteiger charge is 2.35. The van der Waals surface area contributed by atoms with Gasteiger partial charge in [0.2, 0.25) is 0 Å². The van der Waals surface area contributed by atoms with Gasteiger partial charge in [-0.15, -0.1) is 0 Å². The zero-order valence-electron chi connectivity index (χ0n) is 14.9. The second-order valence-electron chi connectivity index (χ2n) is 6.00. The highest BCUT2D eigenvalue weighted by molar-refractivity contribution is 5.90. The van der Waals surface area contributed by atoms with Crippen LogP contribution in [-0.4, -0.2) is 38.2 Å². The molecule has 1 fully saturated rings. The molecule has 138 valence electrons. The summed E-state index contributed by atoms with van der Waals surface area (Å²) in [4.78, 5) is 23.7. The number of hydrogen-bond donors (Lipinski definition) is 1. The minimum absolute atomic E-state index is 0.424. The number of esters is 1. The highest BCUT2D eigenvalue weighted by Crippen LogP contribution is 2.28. The number of nitrogens with zero attached hydrogens (tertiary/aromatic N) is 1. The van der Waals surface area contributed by atoms with E-state index in [9.17, 15) is 14.9 Å². The Hall–Kier alpha value is -3.01. The smallest absolute Gasteiger partial charge is 0.331 e. The Labute approximate surface area is 152 Å². The van der Waals surface area contributed by atoms with Crippen LogP contribution in [-0.2, 0) is 14.3 Å². The van der Waals surface area contributed by atoms with Crippen molar-refractivity contribution in [2.75, 3.05) is 20.8 Å². The van der Waals surface area contributed by atoms with Crippen molar-refractivity contribution in [1.29, 1.82) is 5.26 Å². The van der Waals surface area contributed by atoms with Crippen molar-refractivity contribution in [2.45, 2.75) is 31.2 Å². The van der Waals surface area contributed by atoms with Crippen molar-refractivity contribution in [3.05, 3.63) is 29.8 Å². The van der Waals surface area contributed by atoms with Crippen molar-refractivity contribution in [1.82, 2.24) is 5.32 Å². The Morgan fingerprint density at radius 2 is 2.00 bits per heavy atom. The molecular weight excluding hydrogens is 336 g/mol. The van der Waals surface area contributed by atoms with E-state index in [1.54, 1.807) is 25.3 Å². The molecule has 7 heteroatoms. The van der Waals surface area contributed by atoms with Crippen LogP contribution in [0.15, 0.2) is 24.3 Å². The van der Waals surface area contributed by atoms with Gasteiger partial charge in [0.05, 0.1) is 20.3 Å². The van der Waals surface area contributed by atoms with Crippen LogP contribution < -0.4 is 14.8 Å². The molecule has 1 aliphatic carbocycles. The monoisotopic (exact) mass is 358 g/mol. The van der Waals surface area contributed by atoms with E-state index in [0.717, 1.165) is 12.8 Å². The molecule has 1 aliphatic rings. The van der Waals surface area contributed by atoms with Crippen molar-refractivity contribution in [3.8, 4) is 17.6 Å². The molecule has 0 unspecified atom stereocenters. The molecule has 1 amide bonds. The molecule has 1 saturated carbocycles. The highest BCUT2D eigenvalue weighted by atomic mass is 16.5. The first kappa shape index (κ1) is 19.3. The Kier molecular flexibility index (Phi) is 6.61. The number of nitrogens with one attached hydrogen (secondary N) is 1. The van der Waals surface area contributed by atoms with Gasteiger partial charge in [-0.3, -0.25) is 4.79 Å². The average molecular weight is 358 g/mol. The summed E-state index contributed by atoms with van der Waals surface area (Å²) in [5.74, 6) is 0.0487. The van der Waals surface area contributed by atoms with Gasteiger partial charge in [-0.25, -0.2) is 4.79 Å². The second-order valence-corrected chi connectivity index (χ2v) is 6.00. The molecule has 1 aromatic carbocycles. The zero-order chi connectivity index (χ0) is 19.0. The number of benzene rings is 1. The van der Waals surface area contributed by atoms with Gasteiger partial charge in [-0.1, -0.05) is 0 Å². The quantitative estimate of drug-likeness (QED) is 0.593. The van der Waals surface area contributed by atoms with E-state index in [1.165, 1.54) is 19.3 Å². The summed E-state index contributed by atoms with van der Waals surface area (Å²) >= 11 is 0. The van der Waals surface area contributed by atoms with E-state index in [4.69, 9.17) is 14.2 Å². The molecule has 0 heterocycles. The van der Waals surface area contributed by atoms with E-state index in [0.29, 0.717) is 29.9 Å². The molecule has 0 radical (unpaired) electrons. The van der Waals surface area contributed by atoms with E-state index >= 15 is 0 Å². The third-order valence-corrected chi connectivity index (χ3v) is 4.23. The van der Waals surface area contributed by atoms with Crippen LogP contribution in [0, 0.1) is 11.3 Å². The van der Waals surface area contributed by atoms with E-state index in [1.807, 2.05) is 0 Å². The van der Waals surface area contributed by atoms with E-state index in [2.05, 4.69) is 11.4 Å². The molecule has 0 spiro atoms. The third kappa shape index (κ3) is 4.99. The summed E-state index contributed by atoms with van der Waals surface area (Å²) in [6, 6.07) is 7.33. The molecular formula is C19H22N2O5. The summed E-state index contributed by atoms with van der Waals surface area (Å²) in [7, 11) is 3.07. The maximum absolute atomic E-state index is 11.9. The van der Waals surface area contributed by atoms with Crippen LogP contribution in [0.1, 0.15) is 31.2 Å². The van der Waals surface area contributed by atoms with Gasteiger partial charge in [-0.05, 0) is 43.9 Å². The van der Waals surface area contributed by atoms with Crippen molar-refractivity contribution in [3.63, 3.8) is 0 Å². The lowest BCUT2D eigenvalue weighted by Crippen LogP contribution is -2.46. The minimum atomic E-state index is -0.824. The number of rotatable bonds is 7. The molecule has 0 atom stereocenters. The predicted octanol–water partition coefficient (Wildman–Crippen LogP) is 2.21. The zero-order valence-corrected chi connectivity index (χ0v) is 14.9. The van der Waals surface area contributed by atoms with Crippen LogP contribution in [0.4, 0.5) is 0 Å². The van der Waals surface area contributed by atoms with Crippen molar-refractivity contribution in [2.24, 2.45) is 0 Å². The number of hydrogen-bond acceptors (Lipinski definition) is 6. The Morgan fingerprint density at radius 3 is 2.62 bits per heavy atom. The SMILES string of the molecule is COc1ccc(/C=C/C(=O)OCC(=O)NC2(C#N)CCCC2)c(OC)c1. The Balaban J connectivity index is 1.88. The molecule has 2 rings (SSSR count). The lowest BCUT2D eigenvalue weighted by Gasteiger charge is -2.21. The number of methoxy groups -OCH3 is 2. The summed E-state index contributed by atoms with van der Waals surface area (Å²) in [5.41, 5.74) is -0.153. The van der Waals surface area contributed by atoms with Gasteiger partial charge in [-0.2, -0.15) is 5.26 Å². The van der Waals surface area contributed by atoms with Crippen LogP contribution >= 0.6 is 0 Å². The molecule has 1 N–H and O–H groups in total. The number of amides is 1. The first-order chi connectivity index (χ1) is 12.5. The van der Waals surface area contributed by atoms with Crippen LogP contribution in [0.3, 0.4) is 0 Å². The number of nitriles is 1. The molecule has 7 nitrogen and oxygen atoms in total. The minimum Gasteiger partial charge on any atom is -0.497 e. The first-order valence-electron chi connectivity index (χ1n) is 8.31. The fourth-order valence-corrected chi connectivity index (χ4v) is 2.85. The summed E-state index contributed by atoms with van der Waals surface area (Å²) in [6.07, 6.45) is 5.81. The van der Waals surface area contributed by atoms with Crippen molar-refractivity contribution < 1.29 is 23.8 Å². The maximum Gasteiger partial charge on any atom is 0.331 e. The molecule has 0 aliphatic heterocycles. The van der Waals surface area contributed by atoms with Crippen LogP contribution in [0.25, 0.3) is 6.08 Å². The second kappa shape index (κ2) is 8.90. The van der Waals surface area contributed by atoms with Crippen LogP contribution in [0.5, 0.6) is 11.5 Å². The van der Waals surface area contributed by atoms with Gasteiger partial charge >= 0.3 is 5.97 Å². The largest absolute Gasteiger partial charge is 0.497 e. The molecule has 0 aromatic heterocycles. The van der Waals surface area contributed by atoms with Gasteiger partial charge in [0.25, 0.3) is 5.91 Å². The summed E-state index contributed by atoms with van der Waals surface area (Å²) in [5, 5.41) is 11.9. The molecule has 0 bridgehead atoms. The summed E-state index contributed by atoms with van der Waals surface area (Å²) < 4.78 is 15.3. The standard InChI is InChI=1S/C19H22N2O5/c1-24-15-7-5-14(16(11-15)25-2)6-8-18(23)26-12-17(22)21-19(13-20)9-3-4-10-19/h5-8,11H,3-4,9-10,12H2,1-2H3,(H,21,22)/b8-6+. The third-order valence-electron chi connectivity index (χ3n) is 4.23. The van der Waals surface area contributed by atoms with Crippen molar-refractivity contribution >= 4 is 18.0 Å². The normalized spacial score (nSPS) is 15.3. The lowest BCUT2D eigenvalue weighted by molar-refractivity contribution is -0.144. The molecule has 26 heavy (non-hydrogen) atoms.